The second kappa shape index (κ2) is 7.79. The maximum Gasteiger partial charge on any atom is 0.302 e. The van der Waals surface area contributed by atoms with Gasteiger partial charge in [0.05, 0.1) is 12.2 Å². The standard InChI is InChI=1S/C16H28O4/c1-6-7-11(3)15-16(20-15)14(18)12(4)8-10(2)9-19-13(5)17/h11-12,14-16,18H,2,6-9H2,1,3-5H3/t11-,12-,14+,15-,16-/m0/s1. The molecule has 1 aliphatic rings. The van der Waals surface area contributed by atoms with E-state index < -0.39 is 6.10 Å². The first-order valence-electron chi connectivity index (χ1n) is 7.50. The minimum Gasteiger partial charge on any atom is -0.461 e. The number of hydrogen-bond acceptors (Lipinski definition) is 4. The summed E-state index contributed by atoms with van der Waals surface area (Å²) < 4.78 is 10.5. The fourth-order valence-electron chi connectivity index (χ4n) is 2.65. The topological polar surface area (TPSA) is 59.1 Å². The molecule has 1 aliphatic heterocycles. The van der Waals surface area contributed by atoms with Gasteiger partial charge >= 0.3 is 5.97 Å². The number of carbonyl (C=O) groups excluding carboxylic acids is 1. The summed E-state index contributed by atoms with van der Waals surface area (Å²) in [5, 5.41) is 10.3. The van der Waals surface area contributed by atoms with Crippen molar-refractivity contribution in [3.63, 3.8) is 0 Å². The van der Waals surface area contributed by atoms with Crippen LogP contribution in [0.3, 0.4) is 0 Å². The molecule has 1 saturated heterocycles. The van der Waals surface area contributed by atoms with Gasteiger partial charge in [-0.25, -0.2) is 0 Å². The third kappa shape index (κ3) is 5.25. The van der Waals surface area contributed by atoms with Gasteiger partial charge in [0.2, 0.25) is 0 Å². The number of ether oxygens (including phenoxy) is 2. The third-order valence-electron chi connectivity index (χ3n) is 3.88. The first-order valence-corrected chi connectivity index (χ1v) is 7.50. The van der Waals surface area contributed by atoms with Gasteiger partial charge in [0, 0.05) is 6.92 Å². The van der Waals surface area contributed by atoms with Crippen molar-refractivity contribution in [3.8, 4) is 0 Å². The van der Waals surface area contributed by atoms with E-state index in [2.05, 4.69) is 20.4 Å². The van der Waals surface area contributed by atoms with Crippen molar-refractivity contribution in [1.29, 1.82) is 0 Å². The summed E-state index contributed by atoms with van der Waals surface area (Å²) in [6.07, 6.45) is 2.57. The third-order valence-corrected chi connectivity index (χ3v) is 3.88. The molecule has 0 aliphatic carbocycles. The van der Waals surface area contributed by atoms with Crippen molar-refractivity contribution in [1.82, 2.24) is 0 Å². The van der Waals surface area contributed by atoms with Gasteiger partial charge in [0.15, 0.2) is 0 Å². The maximum atomic E-state index is 10.7. The fraction of sp³-hybridized carbons (Fsp3) is 0.812. The van der Waals surface area contributed by atoms with Crippen LogP contribution in [0.4, 0.5) is 0 Å². The van der Waals surface area contributed by atoms with E-state index in [9.17, 15) is 9.90 Å². The lowest BCUT2D eigenvalue weighted by Crippen LogP contribution is -2.27. The van der Waals surface area contributed by atoms with E-state index >= 15 is 0 Å². The molecule has 4 nitrogen and oxygen atoms in total. The Hall–Kier alpha value is -0.870. The van der Waals surface area contributed by atoms with E-state index in [0.29, 0.717) is 12.3 Å². The van der Waals surface area contributed by atoms with E-state index in [1.807, 2.05) is 6.92 Å². The molecule has 1 rings (SSSR count). The van der Waals surface area contributed by atoms with Crippen molar-refractivity contribution in [2.24, 2.45) is 11.8 Å². The van der Waals surface area contributed by atoms with Crippen LogP contribution in [-0.4, -0.2) is 36.0 Å². The fourth-order valence-corrected chi connectivity index (χ4v) is 2.65. The van der Waals surface area contributed by atoms with Gasteiger partial charge in [-0.3, -0.25) is 4.79 Å². The molecule has 1 N–H and O–H groups in total. The van der Waals surface area contributed by atoms with Crippen molar-refractivity contribution in [2.45, 2.75) is 65.3 Å². The Morgan fingerprint density at radius 1 is 1.40 bits per heavy atom. The van der Waals surface area contributed by atoms with Crippen LogP contribution in [0, 0.1) is 11.8 Å². The van der Waals surface area contributed by atoms with Gasteiger partial charge in [-0.05, 0) is 30.3 Å². The predicted octanol–water partition coefficient (Wildman–Crippen LogP) is 2.70. The first-order chi connectivity index (χ1) is 9.36. The maximum absolute atomic E-state index is 10.7. The van der Waals surface area contributed by atoms with Gasteiger partial charge < -0.3 is 14.6 Å². The van der Waals surface area contributed by atoms with Crippen LogP contribution in [0.1, 0.15) is 47.0 Å². The highest BCUT2D eigenvalue weighted by molar-refractivity contribution is 5.66. The van der Waals surface area contributed by atoms with Gasteiger partial charge in [0.25, 0.3) is 0 Å². The lowest BCUT2D eigenvalue weighted by Gasteiger charge is -2.19. The van der Waals surface area contributed by atoms with E-state index in [0.717, 1.165) is 18.4 Å². The summed E-state index contributed by atoms with van der Waals surface area (Å²) >= 11 is 0. The molecule has 20 heavy (non-hydrogen) atoms. The molecule has 0 unspecified atom stereocenters. The molecule has 116 valence electrons. The average molecular weight is 284 g/mol. The molecule has 0 saturated carbocycles. The summed E-state index contributed by atoms with van der Waals surface area (Å²) in [6, 6.07) is 0. The molecule has 1 heterocycles. The SMILES string of the molecule is C=C(COC(C)=O)C[C@H](C)[C@@H](O)[C@@H]1O[C@H]1[C@@H](C)CCC. The number of esters is 1. The molecule has 0 radical (unpaired) electrons. The Balaban J connectivity index is 2.31. The zero-order valence-electron chi connectivity index (χ0n) is 13.1. The summed E-state index contributed by atoms with van der Waals surface area (Å²) in [5.41, 5.74) is 0.825. The molecule has 0 aromatic heterocycles. The first kappa shape index (κ1) is 17.2. The highest BCUT2D eigenvalue weighted by Gasteiger charge is 2.48. The molecular weight excluding hydrogens is 256 g/mol. The smallest absolute Gasteiger partial charge is 0.302 e. The lowest BCUT2D eigenvalue weighted by atomic mass is 9.90. The Bertz CT molecular complexity index is 339. The largest absolute Gasteiger partial charge is 0.461 e. The molecule has 0 spiro atoms. The number of rotatable bonds is 9. The highest BCUT2D eigenvalue weighted by atomic mass is 16.6. The van der Waals surface area contributed by atoms with Crippen LogP contribution in [0.25, 0.3) is 0 Å². The number of hydrogen-bond donors (Lipinski definition) is 1. The summed E-state index contributed by atoms with van der Waals surface area (Å²) in [4.78, 5) is 10.7. The lowest BCUT2D eigenvalue weighted by molar-refractivity contribution is -0.140. The number of aliphatic hydroxyl groups is 1. The van der Waals surface area contributed by atoms with E-state index in [1.165, 1.54) is 6.92 Å². The molecule has 1 fully saturated rings. The van der Waals surface area contributed by atoms with Gasteiger partial charge in [-0.2, -0.15) is 0 Å². The molecule has 0 amide bonds. The quantitative estimate of drug-likeness (QED) is 0.402. The Morgan fingerprint density at radius 2 is 2.05 bits per heavy atom. The van der Waals surface area contributed by atoms with Gasteiger partial charge in [0.1, 0.15) is 12.7 Å². The van der Waals surface area contributed by atoms with Crippen molar-refractivity contribution in [2.75, 3.05) is 6.61 Å². The van der Waals surface area contributed by atoms with Crippen LogP contribution in [0.5, 0.6) is 0 Å². The second-order valence-corrected chi connectivity index (χ2v) is 6.03. The van der Waals surface area contributed by atoms with Crippen molar-refractivity contribution < 1.29 is 19.4 Å². The molecule has 0 aromatic rings. The Kier molecular flexibility index (Phi) is 6.69. The normalized spacial score (nSPS) is 25.6. The highest BCUT2D eigenvalue weighted by Crippen LogP contribution is 2.37. The second-order valence-electron chi connectivity index (χ2n) is 6.03. The van der Waals surface area contributed by atoms with Gasteiger partial charge in [-0.15, -0.1) is 0 Å². The minimum atomic E-state index is -0.478. The monoisotopic (exact) mass is 284 g/mol. The van der Waals surface area contributed by atoms with Crippen LogP contribution < -0.4 is 0 Å². The number of carbonyl (C=O) groups is 1. The average Bonchev–Trinajstić information content (AvgIpc) is 3.15. The zero-order valence-corrected chi connectivity index (χ0v) is 13.1. The predicted molar refractivity (Wildman–Crippen MR) is 78.3 cm³/mol. The van der Waals surface area contributed by atoms with Crippen molar-refractivity contribution in [3.05, 3.63) is 12.2 Å². The van der Waals surface area contributed by atoms with E-state index in [4.69, 9.17) is 9.47 Å². The summed E-state index contributed by atoms with van der Waals surface area (Å²) in [7, 11) is 0. The van der Waals surface area contributed by atoms with E-state index in [1.54, 1.807) is 0 Å². The number of epoxide rings is 1. The van der Waals surface area contributed by atoms with Crippen LogP contribution >= 0.6 is 0 Å². The van der Waals surface area contributed by atoms with Crippen LogP contribution in [0.15, 0.2) is 12.2 Å². The number of aliphatic hydroxyl groups excluding tert-OH is 1. The zero-order chi connectivity index (χ0) is 15.3. The van der Waals surface area contributed by atoms with Crippen molar-refractivity contribution >= 4 is 5.97 Å². The Morgan fingerprint density at radius 3 is 2.60 bits per heavy atom. The van der Waals surface area contributed by atoms with Gasteiger partial charge in [-0.1, -0.05) is 33.8 Å². The summed E-state index contributed by atoms with van der Waals surface area (Å²) in [6.45, 7) is 11.8. The molecule has 0 aromatic carbocycles. The molecular formula is C16H28O4. The van der Waals surface area contributed by atoms with Crippen LogP contribution in [-0.2, 0) is 14.3 Å². The Labute approximate surface area is 122 Å². The molecule has 4 heteroatoms. The van der Waals surface area contributed by atoms with E-state index in [-0.39, 0.29) is 30.7 Å². The summed E-state index contributed by atoms with van der Waals surface area (Å²) in [5.74, 6) is 0.247. The van der Waals surface area contributed by atoms with Crippen LogP contribution in [0.2, 0.25) is 0 Å². The minimum absolute atomic E-state index is 0.0481. The molecule has 0 bridgehead atoms. The molecule has 5 atom stereocenters.